The van der Waals surface area contributed by atoms with Gasteiger partial charge in [0.05, 0.1) is 5.76 Å². The Morgan fingerprint density at radius 1 is 1.10 bits per heavy atom. The molecule has 2 rings (SSSR count). The zero-order chi connectivity index (χ0) is 15.7. The normalized spacial score (nSPS) is 20.6. The van der Waals surface area contributed by atoms with E-state index in [1.54, 1.807) is 0 Å². The van der Waals surface area contributed by atoms with E-state index in [0.717, 1.165) is 6.42 Å². The molecule has 0 heterocycles. The number of rotatable bonds is 3. The Kier molecular flexibility index (Phi) is 4.67. The highest BCUT2D eigenvalue weighted by molar-refractivity contribution is 6.74. The van der Waals surface area contributed by atoms with E-state index >= 15 is 0 Å². The highest BCUT2D eigenvalue weighted by Crippen LogP contribution is 2.43. The maximum atomic E-state index is 6.63. The van der Waals surface area contributed by atoms with Crippen LogP contribution in [0, 0.1) is 0 Å². The van der Waals surface area contributed by atoms with Crippen molar-refractivity contribution in [1.82, 2.24) is 0 Å². The molecule has 1 aromatic carbocycles. The van der Waals surface area contributed by atoms with Crippen LogP contribution in [0.2, 0.25) is 18.1 Å². The van der Waals surface area contributed by atoms with Crippen molar-refractivity contribution in [2.24, 2.45) is 0 Å². The van der Waals surface area contributed by atoms with Crippen LogP contribution >= 0.6 is 0 Å². The monoisotopic (exact) mass is 302 g/mol. The first-order valence-corrected chi connectivity index (χ1v) is 11.1. The Balaban J connectivity index is 2.27. The standard InChI is InChI=1S/C19H30OSi/c1-15-17(16-11-8-7-9-12-16)13-10-14-18(15)20-21(5,6)19(2,3)4/h7-9,11-12,17H,10,13-14H2,1-6H3/t17-/m1/s1. The van der Waals surface area contributed by atoms with Gasteiger partial charge < -0.3 is 4.43 Å². The topological polar surface area (TPSA) is 9.23 Å². The molecule has 1 atom stereocenters. The van der Waals surface area contributed by atoms with Gasteiger partial charge in [0.2, 0.25) is 8.32 Å². The average Bonchev–Trinajstić information content (AvgIpc) is 2.41. The minimum atomic E-state index is -1.72. The molecule has 1 nitrogen and oxygen atoms in total. The van der Waals surface area contributed by atoms with Crippen LogP contribution in [0.5, 0.6) is 0 Å². The predicted molar refractivity (Wildman–Crippen MR) is 94.0 cm³/mol. The van der Waals surface area contributed by atoms with Crippen molar-refractivity contribution in [3.63, 3.8) is 0 Å². The largest absolute Gasteiger partial charge is 0.547 e. The van der Waals surface area contributed by atoms with Crippen LogP contribution < -0.4 is 0 Å². The molecule has 0 spiro atoms. The summed E-state index contributed by atoms with van der Waals surface area (Å²) in [6.45, 7) is 13.9. The van der Waals surface area contributed by atoms with Gasteiger partial charge >= 0.3 is 0 Å². The van der Waals surface area contributed by atoms with Crippen LogP contribution in [0.4, 0.5) is 0 Å². The second-order valence-electron chi connectivity index (χ2n) is 7.82. The molecule has 0 N–H and O–H groups in total. The molecule has 0 bridgehead atoms. The second-order valence-corrected chi connectivity index (χ2v) is 12.5. The molecule has 0 saturated heterocycles. The lowest BCUT2D eigenvalue weighted by atomic mass is 9.82. The third kappa shape index (κ3) is 3.60. The molecule has 0 fully saturated rings. The smallest absolute Gasteiger partial charge is 0.250 e. The Labute approximate surface area is 131 Å². The lowest BCUT2D eigenvalue weighted by Crippen LogP contribution is -2.41. The van der Waals surface area contributed by atoms with E-state index < -0.39 is 8.32 Å². The molecular weight excluding hydrogens is 272 g/mol. The van der Waals surface area contributed by atoms with Gasteiger partial charge in [-0.2, -0.15) is 0 Å². The van der Waals surface area contributed by atoms with E-state index in [1.807, 2.05) is 0 Å². The Bertz CT molecular complexity index is 508. The van der Waals surface area contributed by atoms with E-state index in [-0.39, 0.29) is 5.04 Å². The minimum absolute atomic E-state index is 0.264. The van der Waals surface area contributed by atoms with Crippen molar-refractivity contribution in [2.45, 2.75) is 71.0 Å². The summed E-state index contributed by atoms with van der Waals surface area (Å²) in [5.74, 6) is 1.82. The molecular formula is C19H30OSi. The fraction of sp³-hybridized carbons (Fsp3) is 0.579. The molecule has 21 heavy (non-hydrogen) atoms. The van der Waals surface area contributed by atoms with E-state index in [2.05, 4.69) is 71.1 Å². The number of benzene rings is 1. The summed E-state index contributed by atoms with van der Waals surface area (Å²) >= 11 is 0. The van der Waals surface area contributed by atoms with Gasteiger partial charge in [-0.1, -0.05) is 51.1 Å². The van der Waals surface area contributed by atoms with E-state index in [9.17, 15) is 0 Å². The lowest BCUT2D eigenvalue weighted by molar-refractivity contribution is 0.337. The highest BCUT2D eigenvalue weighted by atomic mass is 28.4. The van der Waals surface area contributed by atoms with Crippen molar-refractivity contribution in [2.75, 3.05) is 0 Å². The van der Waals surface area contributed by atoms with Gasteiger partial charge in [0.1, 0.15) is 0 Å². The number of hydrogen-bond donors (Lipinski definition) is 0. The maximum Gasteiger partial charge on any atom is 0.250 e. The zero-order valence-corrected chi connectivity index (χ0v) is 15.5. The van der Waals surface area contributed by atoms with E-state index in [4.69, 9.17) is 4.43 Å². The van der Waals surface area contributed by atoms with Gasteiger partial charge in [-0.15, -0.1) is 0 Å². The summed E-state index contributed by atoms with van der Waals surface area (Å²) in [6.07, 6.45) is 3.60. The first-order valence-electron chi connectivity index (χ1n) is 8.16. The molecule has 0 radical (unpaired) electrons. The summed E-state index contributed by atoms with van der Waals surface area (Å²) in [5.41, 5.74) is 2.89. The predicted octanol–water partition coefficient (Wildman–Crippen LogP) is 6.25. The van der Waals surface area contributed by atoms with Crippen molar-refractivity contribution in [1.29, 1.82) is 0 Å². The molecule has 0 aliphatic heterocycles. The van der Waals surface area contributed by atoms with Gasteiger partial charge in [-0.25, -0.2) is 0 Å². The van der Waals surface area contributed by atoms with E-state index in [1.165, 1.54) is 29.7 Å². The van der Waals surface area contributed by atoms with Gasteiger partial charge in [0.15, 0.2) is 0 Å². The van der Waals surface area contributed by atoms with Crippen molar-refractivity contribution in [3.8, 4) is 0 Å². The Morgan fingerprint density at radius 3 is 2.29 bits per heavy atom. The molecule has 116 valence electrons. The van der Waals surface area contributed by atoms with Gasteiger partial charge in [-0.3, -0.25) is 0 Å². The second kappa shape index (κ2) is 6.00. The fourth-order valence-electron chi connectivity index (χ4n) is 2.77. The molecule has 2 heteroatoms. The molecule has 1 aliphatic carbocycles. The first-order chi connectivity index (χ1) is 9.72. The molecule has 1 aliphatic rings. The first kappa shape index (κ1) is 16.3. The molecule has 0 unspecified atom stereocenters. The van der Waals surface area contributed by atoms with Crippen LogP contribution in [0.1, 0.15) is 58.4 Å². The molecule has 0 amide bonds. The van der Waals surface area contributed by atoms with Crippen molar-refractivity contribution < 1.29 is 4.43 Å². The summed E-state index contributed by atoms with van der Waals surface area (Å²) in [7, 11) is -1.72. The van der Waals surface area contributed by atoms with Gasteiger partial charge in [-0.05, 0) is 49.0 Å². The summed E-state index contributed by atoms with van der Waals surface area (Å²) in [5, 5.41) is 0.264. The van der Waals surface area contributed by atoms with Crippen molar-refractivity contribution >= 4 is 8.32 Å². The third-order valence-electron chi connectivity index (χ3n) is 5.25. The third-order valence-corrected chi connectivity index (χ3v) is 9.61. The average molecular weight is 303 g/mol. The van der Waals surface area contributed by atoms with Crippen LogP contribution in [-0.2, 0) is 4.43 Å². The van der Waals surface area contributed by atoms with Crippen molar-refractivity contribution in [3.05, 3.63) is 47.2 Å². The Morgan fingerprint density at radius 2 is 1.71 bits per heavy atom. The van der Waals surface area contributed by atoms with Crippen LogP contribution in [0.3, 0.4) is 0 Å². The Hall–Kier alpha value is -1.02. The van der Waals surface area contributed by atoms with Crippen LogP contribution in [0.15, 0.2) is 41.7 Å². The highest BCUT2D eigenvalue weighted by Gasteiger charge is 2.40. The summed E-state index contributed by atoms with van der Waals surface area (Å²) < 4.78 is 6.63. The fourth-order valence-corrected chi connectivity index (χ4v) is 3.95. The molecule has 0 saturated carbocycles. The molecule has 1 aromatic rings. The molecule has 0 aromatic heterocycles. The SMILES string of the molecule is CC1=C(O[Si](C)(C)C(C)(C)C)CCC[C@H]1c1ccccc1. The zero-order valence-electron chi connectivity index (χ0n) is 14.5. The van der Waals surface area contributed by atoms with E-state index in [0.29, 0.717) is 5.92 Å². The van der Waals surface area contributed by atoms with Gasteiger partial charge in [0, 0.05) is 12.3 Å². The number of allylic oxidation sites excluding steroid dienone is 2. The summed E-state index contributed by atoms with van der Waals surface area (Å²) in [6, 6.07) is 10.9. The quantitative estimate of drug-likeness (QED) is 0.600. The number of hydrogen-bond acceptors (Lipinski definition) is 1. The summed E-state index contributed by atoms with van der Waals surface area (Å²) in [4.78, 5) is 0. The van der Waals surface area contributed by atoms with Crippen LogP contribution in [0.25, 0.3) is 0 Å². The minimum Gasteiger partial charge on any atom is -0.547 e. The van der Waals surface area contributed by atoms with Gasteiger partial charge in [0.25, 0.3) is 0 Å². The maximum absolute atomic E-state index is 6.63. The lowest BCUT2D eigenvalue weighted by Gasteiger charge is -2.39. The van der Waals surface area contributed by atoms with Crippen LogP contribution in [-0.4, -0.2) is 8.32 Å².